The number of rotatable bonds is 3. The van der Waals surface area contributed by atoms with E-state index in [9.17, 15) is 10.2 Å². The van der Waals surface area contributed by atoms with Crippen LogP contribution in [0.2, 0.25) is 0 Å². The molecule has 1 aliphatic carbocycles. The van der Waals surface area contributed by atoms with E-state index in [4.69, 9.17) is 0 Å². The summed E-state index contributed by atoms with van der Waals surface area (Å²) in [7, 11) is 0. The average Bonchev–Trinajstić information content (AvgIpc) is 2.35. The lowest BCUT2D eigenvalue weighted by Crippen LogP contribution is -2.29. The molecule has 2 N–H and O–H groups in total. The Labute approximate surface area is 103 Å². The van der Waals surface area contributed by atoms with Gasteiger partial charge in [-0.25, -0.2) is 0 Å². The zero-order valence-corrected chi connectivity index (χ0v) is 10.4. The van der Waals surface area contributed by atoms with Crippen LogP contribution < -0.4 is 0 Å². The number of benzene rings is 1. The fourth-order valence-electron chi connectivity index (χ4n) is 2.83. The van der Waals surface area contributed by atoms with Gasteiger partial charge in [0.15, 0.2) is 0 Å². The molecule has 1 aliphatic rings. The Morgan fingerprint density at radius 2 is 1.94 bits per heavy atom. The van der Waals surface area contributed by atoms with Crippen LogP contribution >= 0.6 is 0 Å². The Balaban J connectivity index is 1.96. The highest BCUT2D eigenvalue weighted by Gasteiger charge is 2.28. The Kier molecular flexibility index (Phi) is 4.19. The van der Waals surface area contributed by atoms with Crippen LogP contribution in [0.5, 0.6) is 0 Å². The van der Waals surface area contributed by atoms with E-state index in [2.05, 4.69) is 6.92 Å². The van der Waals surface area contributed by atoms with Gasteiger partial charge in [0.25, 0.3) is 0 Å². The van der Waals surface area contributed by atoms with Crippen LogP contribution in [0.25, 0.3) is 0 Å². The molecule has 1 aromatic rings. The molecule has 2 nitrogen and oxygen atoms in total. The first-order valence-corrected chi connectivity index (χ1v) is 6.58. The standard InChI is InChI=1S/C15H22O2/c1-11-7-8-14(16)13(9-11)10-15(17)12-5-3-2-4-6-12/h2-6,11,13-17H,7-10H2,1H3. The summed E-state index contributed by atoms with van der Waals surface area (Å²) in [4.78, 5) is 0. The second-order valence-corrected chi connectivity index (χ2v) is 5.41. The summed E-state index contributed by atoms with van der Waals surface area (Å²) in [5, 5.41) is 20.1. The SMILES string of the molecule is CC1CCC(O)C(CC(O)c2ccccc2)C1. The Hall–Kier alpha value is -0.860. The van der Waals surface area contributed by atoms with E-state index in [-0.39, 0.29) is 12.0 Å². The van der Waals surface area contributed by atoms with Crippen LogP contribution in [0.1, 0.15) is 44.3 Å². The van der Waals surface area contributed by atoms with Crippen LogP contribution in [0, 0.1) is 11.8 Å². The predicted molar refractivity (Wildman–Crippen MR) is 68.5 cm³/mol. The minimum atomic E-state index is -0.443. The second-order valence-electron chi connectivity index (χ2n) is 5.41. The van der Waals surface area contributed by atoms with E-state index in [1.807, 2.05) is 30.3 Å². The third-order valence-electron chi connectivity index (χ3n) is 3.91. The summed E-state index contributed by atoms with van der Waals surface area (Å²) in [6, 6.07) is 9.73. The van der Waals surface area contributed by atoms with Crippen molar-refractivity contribution in [1.82, 2.24) is 0 Å². The van der Waals surface area contributed by atoms with Gasteiger partial charge in [-0.15, -0.1) is 0 Å². The summed E-state index contributed by atoms with van der Waals surface area (Å²) in [6.07, 6.45) is 3.03. The van der Waals surface area contributed by atoms with E-state index in [0.717, 1.165) is 24.8 Å². The van der Waals surface area contributed by atoms with Gasteiger partial charge in [-0.1, -0.05) is 37.3 Å². The molecule has 4 unspecified atom stereocenters. The first-order valence-electron chi connectivity index (χ1n) is 6.58. The lowest BCUT2D eigenvalue weighted by molar-refractivity contribution is 0.0193. The summed E-state index contributed by atoms with van der Waals surface area (Å²) >= 11 is 0. The first kappa shape index (κ1) is 12.6. The predicted octanol–water partition coefficient (Wildman–Crippen LogP) is 2.91. The summed E-state index contributed by atoms with van der Waals surface area (Å²) < 4.78 is 0. The third kappa shape index (κ3) is 3.30. The molecule has 1 aromatic carbocycles. The van der Waals surface area contributed by atoms with Gasteiger partial charge in [0.05, 0.1) is 12.2 Å². The molecule has 94 valence electrons. The highest BCUT2D eigenvalue weighted by Crippen LogP contribution is 2.34. The maximum Gasteiger partial charge on any atom is 0.0793 e. The largest absolute Gasteiger partial charge is 0.393 e. The van der Waals surface area contributed by atoms with Gasteiger partial charge in [-0.2, -0.15) is 0 Å². The number of hydrogen-bond acceptors (Lipinski definition) is 2. The topological polar surface area (TPSA) is 40.5 Å². The molecule has 2 heteroatoms. The zero-order chi connectivity index (χ0) is 12.3. The lowest BCUT2D eigenvalue weighted by atomic mass is 9.77. The molecule has 1 fully saturated rings. The molecular formula is C15H22O2. The normalized spacial score (nSPS) is 31.1. The van der Waals surface area contributed by atoms with Gasteiger partial charge < -0.3 is 10.2 Å². The molecule has 0 amide bonds. The van der Waals surface area contributed by atoms with Crippen LogP contribution in [-0.4, -0.2) is 16.3 Å². The Bertz CT molecular complexity index is 336. The minimum Gasteiger partial charge on any atom is -0.393 e. The Morgan fingerprint density at radius 1 is 1.24 bits per heavy atom. The molecule has 4 atom stereocenters. The van der Waals surface area contributed by atoms with Crippen molar-refractivity contribution >= 4 is 0 Å². The highest BCUT2D eigenvalue weighted by atomic mass is 16.3. The van der Waals surface area contributed by atoms with Crippen LogP contribution in [-0.2, 0) is 0 Å². The van der Waals surface area contributed by atoms with Gasteiger partial charge in [0, 0.05) is 0 Å². The molecule has 0 aliphatic heterocycles. The van der Waals surface area contributed by atoms with Crippen molar-refractivity contribution < 1.29 is 10.2 Å². The van der Waals surface area contributed by atoms with Gasteiger partial charge in [-0.3, -0.25) is 0 Å². The molecule has 1 saturated carbocycles. The third-order valence-corrected chi connectivity index (χ3v) is 3.91. The van der Waals surface area contributed by atoms with Crippen molar-refractivity contribution in [3.8, 4) is 0 Å². The molecule has 0 bridgehead atoms. The van der Waals surface area contributed by atoms with E-state index in [1.54, 1.807) is 0 Å². The van der Waals surface area contributed by atoms with Crippen molar-refractivity contribution in [3.05, 3.63) is 35.9 Å². The van der Waals surface area contributed by atoms with Gasteiger partial charge in [0.1, 0.15) is 0 Å². The molecule has 17 heavy (non-hydrogen) atoms. The molecule has 0 radical (unpaired) electrons. The fourth-order valence-corrected chi connectivity index (χ4v) is 2.83. The summed E-state index contributed by atoms with van der Waals surface area (Å²) in [5.74, 6) is 0.917. The minimum absolute atomic E-state index is 0.232. The Morgan fingerprint density at radius 3 is 2.65 bits per heavy atom. The second kappa shape index (κ2) is 5.65. The average molecular weight is 234 g/mol. The molecular weight excluding hydrogens is 212 g/mol. The zero-order valence-electron chi connectivity index (χ0n) is 10.4. The molecule has 0 heterocycles. The van der Waals surface area contributed by atoms with Gasteiger partial charge in [-0.05, 0) is 43.1 Å². The fraction of sp³-hybridized carbons (Fsp3) is 0.600. The van der Waals surface area contributed by atoms with Crippen molar-refractivity contribution in [1.29, 1.82) is 0 Å². The molecule has 0 aromatic heterocycles. The quantitative estimate of drug-likeness (QED) is 0.844. The number of hydrogen-bond donors (Lipinski definition) is 2. The number of aliphatic hydroxyl groups is 2. The smallest absolute Gasteiger partial charge is 0.0793 e. The van der Waals surface area contributed by atoms with E-state index < -0.39 is 6.10 Å². The van der Waals surface area contributed by atoms with Crippen molar-refractivity contribution in [2.75, 3.05) is 0 Å². The molecule has 0 spiro atoms. The van der Waals surface area contributed by atoms with Crippen LogP contribution in [0.4, 0.5) is 0 Å². The molecule has 2 rings (SSSR count). The van der Waals surface area contributed by atoms with Gasteiger partial charge >= 0.3 is 0 Å². The molecule has 0 saturated heterocycles. The summed E-state index contributed by atoms with van der Waals surface area (Å²) in [6.45, 7) is 2.23. The maximum absolute atomic E-state index is 10.2. The first-order chi connectivity index (χ1) is 8.16. The summed E-state index contributed by atoms with van der Waals surface area (Å²) in [5.41, 5.74) is 0.956. The highest BCUT2D eigenvalue weighted by molar-refractivity contribution is 5.17. The van der Waals surface area contributed by atoms with Crippen molar-refractivity contribution in [2.45, 2.75) is 44.8 Å². The van der Waals surface area contributed by atoms with Crippen LogP contribution in [0.15, 0.2) is 30.3 Å². The maximum atomic E-state index is 10.2. The van der Waals surface area contributed by atoms with Crippen molar-refractivity contribution in [2.24, 2.45) is 11.8 Å². The van der Waals surface area contributed by atoms with Crippen molar-refractivity contribution in [3.63, 3.8) is 0 Å². The van der Waals surface area contributed by atoms with E-state index in [0.29, 0.717) is 12.3 Å². The van der Waals surface area contributed by atoms with Gasteiger partial charge in [0.2, 0.25) is 0 Å². The van der Waals surface area contributed by atoms with E-state index >= 15 is 0 Å². The number of aliphatic hydroxyl groups excluding tert-OH is 2. The van der Waals surface area contributed by atoms with E-state index in [1.165, 1.54) is 0 Å². The monoisotopic (exact) mass is 234 g/mol. The lowest BCUT2D eigenvalue weighted by Gasteiger charge is -2.33. The van der Waals surface area contributed by atoms with Crippen LogP contribution in [0.3, 0.4) is 0 Å².